The van der Waals surface area contributed by atoms with E-state index < -0.39 is 0 Å². The quantitative estimate of drug-likeness (QED) is 0.657. The first-order valence-corrected chi connectivity index (χ1v) is 5.94. The predicted octanol–water partition coefficient (Wildman–Crippen LogP) is 3.04. The highest BCUT2D eigenvalue weighted by atomic mass is 127. The molecule has 0 saturated heterocycles. The Kier molecular flexibility index (Phi) is 5.04. The van der Waals surface area contributed by atoms with Gasteiger partial charge in [-0.15, -0.1) is 24.0 Å². The van der Waals surface area contributed by atoms with E-state index >= 15 is 0 Å². The van der Waals surface area contributed by atoms with Crippen molar-refractivity contribution in [1.29, 1.82) is 0 Å². The normalized spacial score (nSPS) is 11.3. The first-order chi connectivity index (χ1) is 7.99. The fraction of sp³-hybridized carbons (Fsp3) is 0.429. The van der Waals surface area contributed by atoms with Crippen molar-refractivity contribution in [2.75, 3.05) is 34.8 Å². The van der Waals surface area contributed by atoms with Crippen LogP contribution in [0.1, 0.15) is 5.56 Å². The van der Waals surface area contributed by atoms with Gasteiger partial charge in [-0.3, -0.25) is 0 Å². The standard InChI is InChI=1S/C14H21N2O.HI/c1-16(2,3)8-7-11-10-15-14-6-5-12(17-4)9-13(11)14;/h5-6,9-10,15H,7-8H2,1-4H3;1H/q+1;. The fourth-order valence-electron chi connectivity index (χ4n) is 1.95. The summed E-state index contributed by atoms with van der Waals surface area (Å²) in [4.78, 5) is 3.31. The minimum atomic E-state index is 0. The Morgan fingerprint density at radius 2 is 1.94 bits per heavy atom. The molecule has 0 fully saturated rings. The van der Waals surface area contributed by atoms with Crippen LogP contribution >= 0.6 is 24.0 Å². The van der Waals surface area contributed by atoms with Crippen LogP contribution in [0.25, 0.3) is 10.9 Å². The van der Waals surface area contributed by atoms with E-state index in [0.717, 1.165) is 23.2 Å². The third-order valence-electron chi connectivity index (χ3n) is 3.03. The van der Waals surface area contributed by atoms with Crippen LogP contribution in [0.3, 0.4) is 0 Å². The second kappa shape index (κ2) is 5.93. The number of aromatic nitrogens is 1. The maximum Gasteiger partial charge on any atom is 0.119 e. The Morgan fingerprint density at radius 1 is 1.22 bits per heavy atom. The average molecular weight is 361 g/mol. The second-order valence-electron chi connectivity index (χ2n) is 5.49. The lowest BCUT2D eigenvalue weighted by molar-refractivity contribution is -0.870. The maximum absolute atomic E-state index is 5.27. The number of nitrogens with one attached hydrogen (secondary N) is 1. The average Bonchev–Trinajstić information content (AvgIpc) is 2.67. The molecule has 2 aromatic rings. The number of benzene rings is 1. The van der Waals surface area contributed by atoms with Gasteiger partial charge in [-0.25, -0.2) is 0 Å². The van der Waals surface area contributed by atoms with Crippen molar-refractivity contribution < 1.29 is 9.22 Å². The van der Waals surface area contributed by atoms with Crippen molar-refractivity contribution in [1.82, 2.24) is 4.98 Å². The smallest absolute Gasteiger partial charge is 0.119 e. The second-order valence-corrected chi connectivity index (χ2v) is 5.49. The molecule has 0 unspecified atom stereocenters. The van der Waals surface area contributed by atoms with Crippen molar-refractivity contribution in [3.05, 3.63) is 30.0 Å². The van der Waals surface area contributed by atoms with Crippen LogP contribution in [-0.2, 0) is 6.42 Å². The molecule has 0 bridgehead atoms. The van der Waals surface area contributed by atoms with Crippen molar-refractivity contribution >= 4 is 34.9 Å². The molecule has 0 aliphatic heterocycles. The van der Waals surface area contributed by atoms with Crippen LogP contribution in [0.15, 0.2) is 24.4 Å². The van der Waals surface area contributed by atoms with Crippen LogP contribution in [0.2, 0.25) is 0 Å². The lowest BCUT2D eigenvalue weighted by Crippen LogP contribution is -2.36. The highest BCUT2D eigenvalue weighted by molar-refractivity contribution is 14.0. The zero-order chi connectivity index (χ0) is 12.5. The number of aromatic amines is 1. The zero-order valence-corrected chi connectivity index (χ0v) is 13.8. The highest BCUT2D eigenvalue weighted by Gasteiger charge is 2.10. The summed E-state index contributed by atoms with van der Waals surface area (Å²) < 4.78 is 6.26. The van der Waals surface area contributed by atoms with Crippen molar-refractivity contribution in [2.45, 2.75) is 6.42 Å². The number of H-pyrrole nitrogens is 1. The van der Waals surface area contributed by atoms with Gasteiger partial charge in [0.15, 0.2) is 0 Å². The molecule has 1 aromatic carbocycles. The number of quaternary nitrogens is 1. The van der Waals surface area contributed by atoms with Crippen molar-refractivity contribution in [2.24, 2.45) is 0 Å². The van der Waals surface area contributed by atoms with Gasteiger partial charge in [0.2, 0.25) is 0 Å². The molecule has 0 spiro atoms. The molecule has 0 aliphatic carbocycles. The largest absolute Gasteiger partial charge is 0.497 e. The molecule has 4 heteroatoms. The summed E-state index contributed by atoms with van der Waals surface area (Å²) in [5.74, 6) is 0.920. The number of fused-ring (bicyclic) bond motifs is 1. The van der Waals surface area contributed by atoms with Crippen LogP contribution in [0.5, 0.6) is 5.75 Å². The van der Waals surface area contributed by atoms with Gasteiger partial charge in [0.05, 0.1) is 34.8 Å². The molecule has 0 radical (unpaired) electrons. The number of rotatable bonds is 4. The Morgan fingerprint density at radius 3 is 2.56 bits per heavy atom. The topological polar surface area (TPSA) is 25.0 Å². The molecule has 100 valence electrons. The zero-order valence-electron chi connectivity index (χ0n) is 11.5. The summed E-state index contributed by atoms with van der Waals surface area (Å²) in [5, 5.41) is 1.28. The summed E-state index contributed by atoms with van der Waals surface area (Å²) in [5.41, 5.74) is 2.55. The minimum absolute atomic E-state index is 0. The molecule has 0 atom stereocenters. The Bertz CT molecular complexity index is 514. The number of nitrogens with zero attached hydrogens (tertiary/aromatic N) is 1. The SMILES string of the molecule is COc1ccc2[nH]cc(CC[N+](C)(C)C)c2c1.I. The molecule has 1 N–H and O–H groups in total. The predicted molar refractivity (Wildman–Crippen MR) is 86.9 cm³/mol. The van der Waals surface area contributed by atoms with Gasteiger partial charge in [0.25, 0.3) is 0 Å². The molecular formula is C14H22IN2O+. The highest BCUT2D eigenvalue weighted by Crippen LogP contribution is 2.24. The van der Waals surface area contributed by atoms with Gasteiger partial charge in [0, 0.05) is 23.5 Å². The molecule has 3 nitrogen and oxygen atoms in total. The number of ether oxygens (including phenoxy) is 1. The lowest BCUT2D eigenvalue weighted by atomic mass is 10.1. The Labute approximate surface area is 126 Å². The third-order valence-corrected chi connectivity index (χ3v) is 3.03. The van der Waals surface area contributed by atoms with E-state index in [0.29, 0.717) is 0 Å². The molecule has 0 amide bonds. The Balaban J connectivity index is 0.00000162. The first kappa shape index (κ1) is 15.3. The molecule has 1 heterocycles. The maximum atomic E-state index is 5.27. The van der Waals surface area contributed by atoms with Crippen molar-refractivity contribution in [3.63, 3.8) is 0 Å². The molecule has 2 rings (SSSR count). The van der Waals surface area contributed by atoms with E-state index in [1.165, 1.54) is 16.5 Å². The minimum Gasteiger partial charge on any atom is -0.497 e. The van der Waals surface area contributed by atoms with Gasteiger partial charge >= 0.3 is 0 Å². The number of hydrogen-bond acceptors (Lipinski definition) is 1. The third kappa shape index (κ3) is 3.62. The van der Waals surface area contributed by atoms with Gasteiger partial charge < -0.3 is 14.2 Å². The molecule has 0 saturated carbocycles. The van der Waals surface area contributed by atoms with Gasteiger partial charge in [-0.2, -0.15) is 0 Å². The van der Waals surface area contributed by atoms with Crippen LogP contribution < -0.4 is 4.74 Å². The summed E-state index contributed by atoms with van der Waals surface area (Å²) in [6, 6.07) is 6.17. The van der Waals surface area contributed by atoms with E-state index in [9.17, 15) is 0 Å². The summed E-state index contributed by atoms with van der Waals surface area (Å²) in [6.07, 6.45) is 3.19. The molecule has 18 heavy (non-hydrogen) atoms. The van der Waals surface area contributed by atoms with Crippen molar-refractivity contribution in [3.8, 4) is 5.75 Å². The lowest BCUT2D eigenvalue weighted by Gasteiger charge is -2.23. The van der Waals surface area contributed by atoms with Crippen LogP contribution in [0, 0.1) is 0 Å². The monoisotopic (exact) mass is 361 g/mol. The number of likely N-dealkylation sites (N-methyl/N-ethyl adjacent to an activating group) is 1. The van der Waals surface area contributed by atoms with Gasteiger partial charge in [0.1, 0.15) is 5.75 Å². The molecule has 0 aliphatic rings. The van der Waals surface area contributed by atoms with Gasteiger partial charge in [-0.1, -0.05) is 0 Å². The molecule has 1 aromatic heterocycles. The van der Waals surface area contributed by atoms with E-state index in [1.54, 1.807) is 7.11 Å². The van der Waals surface area contributed by atoms with E-state index in [4.69, 9.17) is 4.74 Å². The number of hydrogen-bond donors (Lipinski definition) is 1. The van der Waals surface area contributed by atoms with E-state index in [2.05, 4.69) is 44.5 Å². The van der Waals surface area contributed by atoms with E-state index in [1.807, 2.05) is 6.07 Å². The fourth-order valence-corrected chi connectivity index (χ4v) is 1.95. The number of methoxy groups -OCH3 is 1. The van der Waals surface area contributed by atoms with Crippen LogP contribution in [-0.4, -0.2) is 44.3 Å². The van der Waals surface area contributed by atoms with Gasteiger partial charge in [-0.05, 0) is 23.8 Å². The first-order valence-electron chi connectivity index (χ1n) is 5.94. The van der Waals surface area contributed by atoms with Crippen LogP contribution in [0.4, 0.5) is 0 Å². The molecular weight excluding hydrogens is 339 g/mol. The summed E-state index contributed by atoms with van der Waals surface area (Å²) >= 11 is 0. The number of halogens is 1. The summed E-state index contributed by atoms with van der Waals surface area (Å²) in [7, 11) is 8.36. The Hall–Kier alpha value is -0.750. The summed E-state index contributed by atoms with van der Waals surface area (Å²) in [6.45, 7) is 1.13. The van der Waals surface area contributed by atoms with E-state index in [-0.39, 0.29) is 24.0 Å².